The van der Waals surface area contributed by atoms with Crippen LogP contribution in [-0.2, 0) is 6.54 Å². The Bertz CT molecular complexity index is 636. The minimum atomic E-state index is 0.853. The molecule has 0 aliphatic carbocycles. The molecule has 3 aromatic heterocycles. The first-order chi connectivity index (χ1) is 8.83. The van der Waals surface area contributed by atoms with Gasteiger partial charge in [-0.2, -0.15) is 0 Å². The number of thiophene rings is 2. The molecule has 3 aromatic rings. The standard InChI is InChI=1S/C12H14N4S2/c1-3-13-12-15-14-11(16(12)4-2)10-7-9-8(18-10)5-6-17-9/h5-7H,3-4H2,1-2H3,(H,13,15). The van der Waals surface area contributed by atoms with Crippen molar-refractivity contribution in [2.45, 2.75) is 20.4 Å². The minimum Gasteiger partial charge on any atom is -0.355 e. The molecule has 0 aliphatic heterocycles. The van der Waals surface area contributed by atoms with E-state index in [4.69, 9.17) is 0 Å². The molecular weight excluding hydrogens is 264 g/mol. The van der Waals surface area contributed by atoms with Crippen molar-refractivity contribution < 1.29 is 0 Å². The number of nitrogens with one attached hydrogen (secondary N) is 1. The second-order valence-corrected chi connectivity index (χ2v) is 5.91. The molecule has 4 nitrogen and oxygen atoms in total. The van der Waals surface area contributed by atoms with Gasteiger partial charge in [-0.25, -0.2) is 0 Å². The van der Waals surface area contributed by atoms with Gasteiger partial charge in [-0.15, -0.1) is 32.9 Å². The normalized spacial score (nSPS) is 11.2. The molecule has 0 fully saturated rings. The van der Waals surface area contributed by atoms with Crippen LogP contribution in [0.25, 0.3) is 20.1 Å². The highest BCUT2D eigenvalue weighted by molar-refractivity contribution is 7.28. The highest BCUT2D eigenvalue weighted by Crippen LogP contribution is 2.36. The Morgan fingerprint density at radius 2 is 2.17 bits per heavy atom. The third-order valence-corrected chi connectivity index (χ3v) is 4.85. The summed E-state index contributed by atoms with van der Waals surface area (Å²) in [6.45, 7) is 5.91. The predicted octanol–water partition coefficient (Wildman–Crippen LogP) is 3.67. The lowest BCUT2D eigenvalue weighted by Crippen LogP contribution is -2.06. The van der Waals surface area contributed by atoms with E-state index in [1.165, 1.54) is 14.3 Å². The summed E-state index contributed by atoms with van der Waals surface area (Å²) in [4.78, 5) is 1.19. The van der Waals surface area contributed by atoms with E-state index in [1.807, 2.05) is 0 Å². The third kappa shape index (κ3) is 1.81. The first kappa shape index (κ1) is 11.7. The largest absolute Gasteiger partial charge is 0.355 e. The van der Waals surface area contributed by atoms with E-state index in [0.29, 0.717) is 0 Å². The summed E-state index contributed by atoms with van der Waals surface area (Å²) in [7, 11) is 0. The highest BCUT2D eigenvalue weighted by atomic mass is 32.1. The van der Waals surface area contributed by atoms with Gasteiger partial charge in [0.15, 0.2) is 5.82 Å². The Morgan fingerprint density at radius 1 is 1.28 bits per heavy atom. The molecule has 94 valence electrons. The smallest absolute Gasteiger partial charge is 0.224 e. The van der Waals surface area contributed by atoms with Gasteiger partial charge in [0.25, 0.3) is 0 Å². The first-order valence-electron chi connectivity index (χ1n) is 5.98. The molecule has 0 spiro atoms. The number of fused-ring (bicyclic) bond motifs is 1. The van der Waals surface area contributed by atoms with Gasteiger partial charge < -0.3 is 5.32 Å². The van der Waals surface area contributed by atoms with E-state index in [9.17, 15) is 0 Å². The lowest BCUT2D eigenvalue weighted by molar-refractivity contribution is 0.771. The van der Waals surface area contributed by atoms with Crippen LogP contribution in [0, 0.1) is 0 Å². The van der Waals surface area contributed by atoms with Crippen LogP contribution in [0.4, 0.5) is 5.95 Å². The molecule has 3 heterocycles. The zero-order chi connectivity index (χ0) is 12.5. The number of hydrogen-bond donors (Lipinski definition) is 1. The molecule has 0 aliphatic rings. The number of hydrogen-bond acceptors (Lipinski definition) is 5. The van der Waals surface area contributed by atoms with Crippen LogP contribution in [0.15, 0.2) is 17.5 Å². The van der Waals surface area contributed by atoms with Gasteiger partial charge in [0.1, 0.15) is 0 Å². The maximum Gasteiger partial charge on any atom is 0.224 e. The SMILES string of the molecule is CCNc1nnc(-c2cc3sccc3s2)n1CC. The molecule has 0 radical (unpaired) electrons. The molecule has 1 N–H and O–H groups in total. The monoisotopic (exact) mass is 278 g/mol. The molecule has 3 rings (SSSR count). The maximum atomic E-state index is 4.32. The van der Waals surface area contributed by atoms with Crippen molar-refractivity contribution in [3.63, 3.8) is 0 Å². The topological polar surface area (TPSA) is 42.7 Å². The summed E-state index contributed by atoms with van der Waals surface area (Å²) in [5.41, 5.74) is 0. The van der Waals surface area contributed by atoms with Crippen LogP contribution in [0.2, 0.25) is 0 Å². The summed E-state index contributed by atoms with van der Waals surface area (Å²) < 4.78 is 4.77. The van der Waals surface area contributed by atoms with Crippen LogP contribution in [0.5, 0.6) is 0 Å². The molecule has 0 saturated heterocycles. The van der Waals surface area contributed by atoms with Gasteiger partial charge in [-0.05, 0) is 31.4 Å². The summed E-state index contributed by atoms with van der Waals surface area (Å²) in [5.74, 6) is 1.81. The van der Waals surface area contributed by atoms with Gasteiger partial charge in [-0.3, -0.25) is 4.57 Å². The zero-order valence-corrected chi connectivity index (χ0v) is 11.9. The number of anilines is 1. The van der Waals surface area contributed by atoms with Crippen LogP contribution >= 0.6 is 22.7 Å². The molecule has 0 atom stereocenters. The van der Waals surface area contributed by atoms with Crippen molar-refractivity contribution in [2.24, 2.45) is 0 Å². The van der Waals surface area contributed by atoms with Gasteiger partial charge in [0.05, 0.1) is 4.88 Å². The maximum absolute atomic E-state index is 4.32. The van der Waals surface area contributed by atoms with Crippen LogP contribution in [0.1, 0.15) is 13.8 Å². The fourth-order valence-corrected chi connectivity index (χ4v) is 4.05. The molecular formula is C12H14N4S2. The van der Waals surface area contributed by atoms with Gasteiger partial charge in [0, 0.05) is 22.5 Å². The summed E-state index contributed by atoms with van der Waals surface area (Å²) in [5, 5.41) is 13.9. The third-order valence-electron chi connectivity index (χ3n) is 2.76. The lowest BCUT2D eigenvalue weighted by atomic mass is 10.4. The molecule has 0 amide bonds. The van der Waals surface area contributed by atoms with Crippen molar-refractivity contribution in [3.05, 3.63) is 17.5 Å². The number of rotatable bonds is 4. The highest BCUT2D eigenvalue weighted by Gasteiger charge is 2.14. The number of nitrogens with zero attached hydrogens (tertiary/aromatic N) is 3. The summed E-state index contributed by atoms with van der Waals surface area (Å²) in [6.07, 6.45) is 0. The summed E-state index contributed by atoms with van der Waals surface area (Å²) >= 11 is 3.55. The predicted molar refractivity (Wildman–Crippen MR) is 78.6 cm³/mol. The average Bonchev–Trinajstić information content (AvgIpc) is 3.00. The zero-order valence-electron chi connectivity index (χ0n) is 10.3. The Balaban J connectivity index is 2.08. The fraction of sp³-hybridized carbons (Fsp3) is 0.333. The van der Waals surface area contributed by atoms with Crippen LogP contribution in [0.3, 0.4) is 0 Å². The van der Waals surface area contributed by atoms with E-state index < -0.39 is 0 Å². The van der Waals surface area contributed by atoms with Crippen LogP contribution in [-0.4, -0.2) is 21.3 Å². The molecule has 0 unspecified atom stereocenters. The van der Waals surface area contributed by atoms with Gasteiger partial charge in [-0.1, -0.05) is 0 Å². The molecule has 6 heteroatoms. The van der Waals surface area contributed by atoms with Crippen molar-refractivity contribution in [3.8, 4) is 10.7 Å². The molecule has 0 saturated carbocycles. The van der Waals surface area contributed by atoms with Gasteiger partial charge in [0.2, 0.25) is 5.95 Å². The van der Waals surface area contributed by atoms with E-state index in [2.05, 4.69) is 51.4 Å². The van der Waals surface area contributed by atoms with Gasteiger partial charge >= 0.3 is 0 Å². The van der Waals surface area contributed by atoms with Crippen molar-refractivity contribution in [1.29, 1.82) is 0 Å². The molecule has 0 aromatic carbocycles. The van der Waals surface area contributed by atoms with E-state index >= 15 is 0 Å². The first-order valence-corrected chi connectivity index (χ1v) is 7.67. The Hall–Kier alpha value is -1.40. The molecule has 18 heavy (non-hydrogen) atoms. The second kappa shape index (κ2) is 4.70. The second-order valence-electron chi connectivity index (χ2n) is 3.88. The quantitative estimate of drug-likeness (QED) is 0.791. The lowest BCUT2D eigenvalue weighted by Gasteiger charge is -2.06. The van der Waals surface area contributed by atoms with E-state index in [0.717, 1.165) is 24.9 Å². The molecule has 0 bridgehead atoms. The Morgan fingerprint density at radius 3 is 2.89 bits per heavy atom. The minimum absolute atomic E-state index is 0.853. The van der Waals surface area contributed by atoms with Crippen LogP contribution < -0.4 is 5.32 Å². The van der Waals surface area contributed by atoms with Crippen molar-refractivity contribution >= 4 is 38.0 Å². The number of aromatic nitrogens is 3. The van der Waals surface area contributed by atoms with Crippen molar-refractivity contribution in [1.82, 2.24) is 14.8 Å². The Kier molecular flexibility index (Phi) is 3.05. The van der Waals surface area contributed by atoms with Crippen molar-refractivity contribution in [2.75, 3.05) is 11.9 Å². The van der Waals surface area contributed by atoms with E-state index in [-0.39, 0.29) is 0 Å². The Labute approximate surface area is 113 Å². The average molecular weight is 278 g/mol. The van der Waals surface area contributed by atoms with E-state index in [1.54, 1.807) is 22.7 Å². The fourth-order valence-electron chi connectivity index (χ4n) is 1.95. The summed E-state index contributed by atoms with van der Waals surface area (Å²) in [6, 6.07) is 4.36.